The fraction of sp³-hybridized carbons (Fsp3) is 0.562. The number of amides is 1. The minimum atomic E-state index is -0.193. The number of para-hydroxylation sites is 1. The van der Waals surface area contributed by atoms with E-state index in [0.717, 1.165) is 30.6 Å². The highest BCUT2D eigenvalue weighted by atomic mass is 16.5. The molecule has 1 aliphatic heterocycles. The second kappa shape index (κ2) is 5.83. The van der Waals surface area contributed by atoms with Gasteiger partial charge in [0.15, 0.2) is 0 Å². The Morgan fingerprint density at radius 3 is 2.90 bits per heavy atom. The van der Waals surface area contributed by atoms with Crippen LogP contribution in [-0.4, -0.2) is 24.6 Å². The molecule has 3 N–H and O–H groups in total. The number of nitrogens with one attached hydrogen (secondary N) is 1. The summed E-state index contributed by atoms with van der Waals surface area (Å²) in [5, 5.41) is 3.15. The first-order valence-electron chi connectivity index (χ1n) is 7.53. The van der Waals surface area contributed by atoms with Gasteiger partial charge in [-0.1, -0.05) is 37.5 Å². The van der Waals surface area contributed by atoms with Crippen LogP contribution in [0.2, 0.25) is 0 Å². The van der Waals surface area contributed by atoms with Crippen LogP contribution in [0, 0.1) is 0 Å². The van der Waals surface area contributed by atoms with Crippen molar-refractivity contribution in [3.8, 4) is 5.75 Å². The van der Waals surface area contributed by atoms with Crippen molar-refractivity contribution in [2.24, 2.45) is 5.73 Å². The van der Waals surface area contributed by atoms with E-state index in [0.29, 0.717) is 6.61 Å². The Hall–Kier alpha value is -1.55. The van der Waals surface area contributed by atoms with Crippen LogP contribution in [0.15, 0.2) is 24.3 Å². The molecule has 3 atom stereocenters. The number of nitrogens with two attached hydrogens (primary N) is 1. The Labute approximate surface area is 119 Å². The van der Waals surface area contributed by atoms with Gasteiger partial charge in [-0.05, 0) is 18.9 Å². The molecule has 1 saturated carbocycles. The number of hydrogen-bond donors (Lipinski definition) is 2. The second-order valence-electron chi connectivity index (χ2n) is 5.82. The van der Waals surface area contributed by atoms with Crippen molar-refractivity contribution in [1.29, 1.82) is 0 Å². The van der Waals surface area contributed by atoms with Crippen LogP contribution < -0.4 is 15.8 Å². The zero-order valence-electron chi connectivity index (χ0n) is 11.7. The van der Waals surface area contributed by atoms with Gasteiger partial charge < -0.3 is 15.8 Å². The van der Waals surface area contributed by atoms with Crippen LogP contribution in [0.4, 0.5) is 0 Å². The molecule has 0 bridgehead atoms. The number of carbonyl (C=O) groups excluding carboxylic acids is 1. The van der Waals surface area contributed by atoms with Gasteiger partial charge in [0.05, 0.1) is 0 Å². The highest BCUT2D eigenvalue weighted by molar-refractivity contribution is 5.85. The normalized spacial score (nSPS) is 29.1. The maximum absolute atomic E-state index is 12.5. The van der Waals surface area contributed by atoms with Gasteiger partial charge in [0.25, 0.3) is 0 Å². The predicted octanol–water partition coefficient (Wildman–Crippen LogP) is 1.94. The van der Waals surface area contributed by atoms with Crippen molar-refractivity contribution in [3.05, 3.63) is 29.8 Å². The highest BCUT2D eigenvalue weighted by Crippen LogP contribution is 2.33. The van der Waals surface area contributed by atoms with Crippen molar-refractivity contribution < 1.29 is 9.53 Å². The average Bonchev–Trinajstić information content (AvgIpc) is 2.79. The summed E-state index contributed by atoms with van der Waals surface area (Å²) in [4.78, 5) is 12.5. The van der Waals surface area contributed by atoms with E-state index in [1.165, 1.54) is 12.8 Å². The maximum Gasteiger partial charge on any atom is 0.231 e. The molecular weight excluding hydrogens is 252 g/mol. The van der Waals surface area contributed by atoms with E-state index >= 15 is 0 Å². The van der Waals surface area contributed by atoms with Crippen molar-refractivity contribution >= 4 is 5.91 Å². The third-order valence-electron chi connectivity index (χ3n) is 4.41. The van der Waals surface area contributed by atoms with Crippen molar-refractivity contribution in [2.75, 3.05) is 6.61 Å². The van der Waals surface area contributed by atoms with E-state index in [1.54, 1.807) is 0 Å². The number of fused-ring (bicyclic) bond motifs is 1. The molecule has 1 fully saturated rings. The second-order valence-corrected chi connectivity index (χ2v) is 5.82. The maximum atomic E-state index is 12.5. The molecule has 0 spiro atoms. The SMILES string of the molecule is NC1CCCCCC1NC(=O)C1COc2ccccc21. The molecule has 1 aliphatic carbocycles. The molecule has 2 aliphatic rings. The molecule has 4 nitrogen and oxygen atoms in total. The Balaban J connectivity index is 1.68. The zero-order chi connectivity index (χ0) is 13.9. The molecule has 1 amide bonds. The first-order chi connectivity index (χ1) is 9.75. The largest absolute Gasteiger partial charge is 0.492 e. The summed E-state index contributed by atoms with van der Waals surface area (Å²) in [5.41, 5.74) is 7.17. The topological polar surface area (TPSA) is 64.3 Å². The van der Waals surface area contributed by atoms with Gasteiger partial charge in [-0.2, -0.15) is 0 Å². The number of benzene rings is 1. The fourth-order valence-corrected chi connectivity index (χ4v) is 3.18. The van der Waals surface area contributed by atoms with Crippen LogP contribution in [0.1, 0.15) is 43.6 Å². The van der Waals surface area contributed by atoms with Gasteiger partial charge >= 0.3 is 0 Å². The summed E-state index contributed by atoms with van der Waals surface area (Å²) in [7, 11) is 0. The lowest BCUT2D eigenvalue weighted by atomic mass is 9.98. The van der Waals surface area contributed by atoms with Crippen LogP contribution in [0.25, 0.3) is 0 Å². The van der Waals surface area contributed by atoms with E-state index in [-0.39, 0.29) is 23.9 Å². The van der Waals surface area contributed by atoms with E-state index in [2.05, 4.69) is 5.32 Å². The molecular formula is C16H22N2O2. The van der Waals surface area contributed by atoms with Gasteiger partial charge in [-0.3, -0.25) is 4.79 Å². The fourth-order valence-electron chi connectivity index (χ4n) is 3.18. The minimum Gasteiger partial charge on any atom is -0.492 e. The monoisotopic (exact) mass is 274 g/mol. The number of rotatable bonds is 2. The van der Waals surface area contributed by atoms with Crippen LogP contribution >= 0.6 is 0 Å². The molecule has 1 aromatic rings. The lowest BCUT2D eigenvalue weighted by Crippen LogP contribution is -2.48. The van der Waals surface area contributed by atoms with Gasteiger partial charge in [0.2, 0.25) is 5.91 Å². The molecule has 4 heteroatoms. The lowest BCUT2D eigenvalue weighted by molar-refractivity contribution is -0.123. The third-order valence-corrected chi connectivity index (χ3v) is 4.41. The lowest BCUT2D eigenvalue weighted by Gasteiger charge is -2.24. The standard InChI is InChI=1S/C16H22N2O2/c17-13-7-2-1-3-8-14(13)18-16(19)12-10-20-15-9-5-4-6-11(12)15/h4-6,9,12-14H,1-3,7-8,10,17H2,(H,18,19). The van der Waals surface area contributed by atoms with E-state index in [9.17, 15) is 4.79 Å². The predicted molar refractivity (Wildman–Crippen MR) is 77.7 cm³/mol. The Bertz CT molecular complexity index is 489. The van der Waals surface area contributed by atoms with Crippen molar-refractivity contribution in [3.63, 3.8) is 0 Å². The Kier molecular flexibility index (Phi) is 3.92. The van der Waals surface area contributed by atoms with E-state index in [1.807, 2.05) is 24.3 Å². The Morgan fingerprint density at radius 2 is 2.00 bits per heavy atom. The van der Waals surface area contributed by atoms with Crippen molar-refractivity contribution in [1.82, 2.24) is 5.32 Å². The Morgan fingerprint density at radius 1 is 1.20 bits per heavy atom. The quantitative estimate of drug-likeness (QED) is 0.810. The molecule has 20 heavy (non-hydrogen) atoms. The molecule has 0 aromatic heterocycles. The third kappa shape index (κ3) is 2.66. The van der Waals surface area contributed by atoms with Crippen LogP contribution in [0.3, 0.4) is 0 Å². The average molecular weight is 274 g/mol. The summed E-state index contributed by atoms with van der Waals surface area (Å²) in [6.07, 6.45) is 5.53. The smallest absolute Gasteiger partial charge is 0.231 e. The first kappa shape index (κ1) is 13.4. The van der Waals surface area contributed by atoms with Gasteiger partial charge in [0.1, 0.15) is 18.3 Å². The molecule has 1 aromatic carbocycles. The van der Waals surface area contributed by atoms with E-state index in [4.69, 9.17) is 10.5 Å². The molecule has 3 rings (SSSR count). The summed E-state index contributed by atoms with van der Waals surface area (Å²) < 4.78 is 5.58. The van der Waals surface area contributed by atoms with Gasteiger partial charge in [-0.25, -0.2) is 0 Å². The molecule has 0 radical (unpaired) electrons. The summed E-state index contributed by atoms with van der Waals surface area (Å²) >= 11 is 0. The first-order valence-corrected chi connectivity index (χ1v) is 7.53. The summed E-state index contributed by atoms with van der Waals surface area (Å²) in [5.74, 6) is 0.691. The molecule has 108 valence electrons. The molecule has 0 saturated heterocycles. The summed E-state index contributed by atoms with van der Waals surface area (Å²) in [6.45, 7) is 0.438. The molecule has 3 unspecified atom stereocenters. The number of ether oxygens (including phenoxy) is 1. The summed E-state index contributed by atoms with van der Waals surface area (Å²) in [6, 6.07) is 7.96. The number of carbonyl (C=O) groups is 1. The van der Waals surface area contributed by atoms with Crippen molar-refractivity contribution in [2.45, 2.75) is 50.1 Å². The van der Waals surface area contributed by atoms with Gasteiger partial charge in [-0.15, -0.1) is 0 Å². The zero-order valence-corrected chi connectivity index (χ0v) is 11.7. The van der Waals surface area contributed by atoms with Crippen LogP contribution in [0.5, 0.6) is 5.75 Å². The number of hydrogen-bond acceptors (Lipinski definition) is 3. The van der Waals surface area contributed by atoms with Crippen LogP contribution in [-0.2, 0) is 4.79 Å². The highest BCUT2D eigenvalue weighted by Gasteiger charge is 2.32. The van der Waals surface area contributed by atoms with Gasteiger partial charge in [0, 0.05) is 17.6 Å². The van der Waals surface area contributed by atoms with E-state index < -0.39 is 0 Å². The molecule has 1 heterocycles. The minimum absolute atomic E-state index is 0.0531.